The maximum atomic E-state index is 13.4. The van der Waals surface area contributed by atoms with Gasteiger partial charge in [-0.2, -0.15) is 5.10 Å². The third-order valence-electron chi connectivity index (χ3n) is 6.33. The van der Waals surface area contributed by atoms with E-state index in [0.717, 1.165) is 43.5 Å². The fourth-order valence-electron chi connectivity index (χ4n) is 4.56. The first kappa shape index (κ1) is 23.6. The third kappa shape index (κ3) is 4.84. The Morgan fingerprint density at radius 1 is 1.03 bits per heavy atom. The summed E-state index contributed by atoms with van der Waals surface area (Å²) in [5.74, 6) is -3.03. The fraction of sp³-hybridized carbons (Fsp3) is 0.320. The lowest BCUT2D eigenvalue weighted by Crippen LogP contribution is -2.43. The molecule has 34 heavy (non-hydrogen) atoms. The number of rotatable bonds is 7. The van der Waals surface area contributed by atoms with Crippen molar-refractivity contribution >= 4 is 17.6 Å². The summed E-state index contributed by atoms with van der Waals surface area (Å²) in [6, 6.07) is 13.3. The number of aromatic amines is 1. The van der Waals surface area contributed by atoms with Crippen LogP contribution in [0.2, 0.25) is 0 Å². The molecular weight excluding hydrogens is 442 g/mol. The molecule has 3 aromatic rings. The molecule has 1 aliphatic rings. The zero-order valence-corrected chi connectivity index (χ0v) is 18.6. The molecule has 0 aliphatic heterocycles. The highest BCUT2D eigenvalue weighted by Gasteiger charge is 2.39. The van der Waals surface area contributed by atoms with Crippen LogP contribution in [0.1, 0.15) is 55.5 Å². The highest BCUT2D eigenvalue weighted by Crippen LogP contribution is 2.46. The Kier molecular flexibility index (Phi) is 6.74. The van der Waals surface area contributed by atoms with Crippen LogP contribution in [0, 0.1) is 11.6 Å². The molecule has 9 heteroatoms. The summed E-state index contributed by atoms with van der Waals surface area (Å²) in [7, 11) is 0. The number of H-pyrrole nitrogens is 1. The molecule has 2 atom stereocenters. The SMILES string of the molecule is CC(NC(=O)C(O)c1cc(F)cc(F)c1)C(=O)Nc1cc(C2(c3ccccc3)CCCC2)[nH]n1. The monoisotopic (exact) mass is 468 g/mol. The lowest BCUT2D eigenvalue weighted by atomic mass is 9.76. The van der Waals surface area contributed by atoms with Crippen molar-refractivity contribution in [2.24, 2.45) is 0 Å². The summed E-state index contributed by atoms with van der Waals surface area (Å²) in [4.78, 5) is 24.9. The standard InChI is InChI=1S/C25H26F2N4O3/c1-15(28-24(34)22(32)16-11-18(26)13-19(27)12-16)23(33)29-21-14-20(30-31-21)25(9-5-6-10-25)17-7-3-2-4-8-17/h2-4,7-8,11-15,22,32H,5-6,9-10H2,1H3,(H,28,34)(H2,29,30,31,33). The summed E-state index contributed by atoms with van der Waals surface area (Å²) in [5.41, 5.74) is 1.66. The van der Waals surface area contributed by atoms with Crippen LogP contribution in [0.4, 0.5) is 14.6 Å². The number of carbonyl (C=O) groups excluding carboxylic acids is 2. The average Bonchev–Trinajstić information content (AvgIpc) is 3.49. The third-order valence-corrected chi connectivity index (χ3v) is 6.33. The van der Waals surface area contributed by atoms with Gasteiger partial charge in [0.05, 0.1) is 0 Å². The number of aliphatic hydroxyl groups is 1. The van der Waals surface area contributed by atoms with Crippen LogP contribution in [0.3, 0.4) is 0 Å². The van der Waals surface area contributed by atoms with Crippen molar-refractivity contribution < 1.29 is 23.5 Å². The number of benzene rings is 2. The number of aromatic nitrogens is 2. The number of hydrogen-bond acceptors (Lipinski definition) is 4. The van der Waals surface area contributed by atoms with Crippen LogP contribution < -0.4 is 10.6 Å². The van der Waals surface area contributed by atoms with E-state index in [1.165, 1.54) is 12.5 Å². The van der Waals surface area contributed by atoms with Crippen LogP contribution in [0.5, 0.6) is 0 Å². The zero-order valence-electron chi connectivity index (χ0n) is 18.6. The number of hydrogen-bond donors (Lipinski definition) is 4. The van der Waals surface area contributed by atoms with Gasteiger partial charge in [0, 0.05) is 23.2 Å². The van der Waals surface area contributed by atoms with E-state index in [1.807, 2.05) is 18.2 Å². The molecule has 1 heterocycles. The molecule has 4 rings (SSSR count). The lowest BCUT2D eigenvalue weighted by molar-refractivity contribution is -0.132. The predicted octanol–water partition coefficient (Wildman–Crippen LogP) is 3.72. The number of aliphatic hydroxyl groups excluding tert-OH is 1. The number of amides is 2. The first-order valence-electron chi connectivity index (χ1n) is 11.2. The molecule has 1 saturated carbocycles. The van der Waals surface area contributed by atoms with Crippen molar-refractivity contribution in [2.45, 2.75) is 50.2 Å². The van der Waals surface area contributed by atoms with E-state index in [-0.39, 0.29) is 11.0 Å². The largest absolute Gasteiger partial charge is 0.378 e. The summed E-state index contributed by atoms with van der Waals surface area (Å²) in [5, 5.41) is 22.4. The lowest BCUT2D eigenvalue weighted by Gasteiger charge is -2.28. The molecule has 0 radical (unpaired) electrons. The topological polar surface area (TPSA) is 107 Å². The van der Waals surface area contributed by atoms with Gasteiger partial charge in [0.15, 0.2) is 11.9 Å². The Hall–Kier alpha value is -3.59. The molecule has 1 aliphatic carbocycles. The van der Waals surface area contributed by atoms with Crippen LogP contribution in [-0.4, -0.2) is 33.2 Å². The van der Waals surface area contributed by atoms with Gasteiger partial charge in [0.1, 0.15) is 17.7 Å². The molecule has 4 N–H and O–H groups in total. The van der Waals surface area contributed by atoms with Crippen LogP contribution in [0.25, 0.3) is 0 Å². The minimum atomic E-state index is -1.83. The normalized spacial score (nSPS) is 16.6. The van der Waals surface area contributed by atoms with Gasteiger partial charge in [-0.25, -0.2) is 8.78 Å². The summed E-state index contributed by atoms with van der Waals surface area (Å²) >= 11 is 0. The van der Waals surface area contributed by atoms with Crippen LogP contribution in [-0.2, 0) is 15.0 Å². The molecule has 178 valence electrons. The van der Waals surface area contributed by atoms with Gasteiger partial charge in [-0.05, 0) is 43.0 Å². The highest BCUT2D eigenvalue weighted by molar-refractivity contribution is 5.97. The van der Waals surface area contributed by atoms with E-state index in [9.17, 15) is 23.5 Å². The van der Waals surface area contributed by atoms with Crippen molar-refractivity contribution in [3.8, 4) is 0 Å². The van der Waals surface area contributed by atoms with Gasteiger partial charge in [-0.3, -0.25) is 14.7 Å². The Labute approximate surface area is 195 Å². The average molecular weight is 469 g/mol. The number of carbonyl (C=O) groups is 2. The van der Waals surface area contributed by atoms with Gasteiger partial charge < -0.3 is 15.7 Å². The van der Waals surface area contributed by atoms with Crippen molar-refractivity contribution in [2.75, 3.05) is 5.32 Å². The molecule has 1 fully saturated rings. The Balaban J connectivity index is 1.42. The number of nitrogens with one attached hydrogen (secondary N) is 3. The van der Waals surface area contributed by atoms with E-state index in [4.69, 9.17) is 0 Å². The van der Waals surface area contributed by atoms with Gasteiger partial charge in [-0.1, -0.05) is 43.2 Å². The maximum Gasteiger partial charge on any atom is 0.254 e. The Morgan fingerprint density at radius 3 is 2.32 bits per heavy atom. The van der Waals surface area contributed by atoms with Crippen molar-refractivity contribution in [3.05, 3.63) is 83.1 Å². The Bertz CT molecular complexity index is 1160. The molecule has 2 unspecified atom stereocenters. The number of halogens is 2. The molecule has 2 aromatic carbocycles. The van der Waals surface area contributed by atoms with E-state index >= 15 is 0 Å². The molecule has 0 spiro atoms. The first-order chi connectivity index (χ1) is 16.3. The molecular formula is C25H26F2N4O3. The second kappa shape index (κ2) is 9.72. The summed E-state index contributed by atoms with van der Waals surface area (Å²) in [6.45, 7) is 1.43. The van der Waals surface area contributed by atoms with E-state index in [0.29, 0.717) is 11.9 Å². The quantitative estimate of drug-likeness (QED) is 0.424. The van der Waals surface area contributed by atoms with Crippen LogP contribution >= 0.6 is 0 Å². The second-order valence-corrected chi connectivity index (χ2v) is 8.65. The van der Waals surface area contributed by atoms with Crippen molar-refractivity contribution in [3.63, 3.8) is 0 Å². The van der Waals surface area contributed by atoms with Crippen molar-refractivity contribution in [1.29, 1.82) is 0 Å². The molecule has 7 nitrogen and oxygen atoms in total. The number of anilines is 1. The summed E-state index contributed by atoms with van der Waals surface area (Å²) < 4.78 is 26.8. The highest BCUT2D eigenvalue weighted by atomic mass is 19.1. The second-order valence-electron chi connectivity index (χ2n) is 8.65. The van der Waals surface area contributed by atoms with E-state index in [2.05, 4.69) is 33.0 Å². The summed E-state index contributed by atoms with van der Waals surface area (Å²) in [6.07, 6.45) is 2.30. The molecule has 1 aromatic heterocycles. The Morgan fingerprint density at radius 2 is 1.68 bits per heavy atom. The fourth-order valence-corrected chi connectivity index (χ4v) is 4.56. The van der Waals surface area contributed by atoms with Crippen molar-refractivity contribution in [1.82, 2.24) is 15.5 Å². The van der Waals surface area contributed by atoms with Gasteiger partial charge in [0.2, 0.25) is 5.91 Å². The maximum absolute atomic E-state index is 13.4. The number of nitrogens with zero attached hydrogens (tertiary/aromatic N) is 1. The van der Waals surface area contributed by atoms with E-state index in [1.54, 1.807) is 6.07 Å². The van der Waals surface area contributed by atoms with Gasteiger partial charge in [0.25, 0.3) is 5.91 Å². The van der Waals surface area contributed by atoms with Gasteiger partial charge in [-0.15, -0.1) is 0 Å². The van der Waals surface area contributed by atoms with E-state index < -0.39 is 35.6 Å². The van der Waals surface area contributed by atoms with Gasteiger partial charge >= 0.3 is 0 Å². The zero-order chi connectivity index (χ0) is 24.3. The minimum Gasteiger partial charge on any atom is -0.378 e. The van der Waals surface area contributed by atoms with Crippen LogP contribution in [0.15, 0.2) is 54.6 Å². The predicted molar refractivity (Wildman–Crippen MR) is 122 cm³/mol. The first-order valence-corrected chi connectivity index (χ1v) is 11.2. The minimum absolute atomic E-state index is 0.193. The molecule has 0 bridgehead atoms. The molecule has 2 amide bonds. The molecule has 0 saturated heterocycles. The smallest absolute Gasteiger partial charge is 0.254 e.